The molecule has 0 aliphatic heterocycles. The van der Waals surface area contributed by atoms with Crippen molar-refractivity contribution in [1.82, 2.24) is 10.3 Å². The molecule has 0 bridgehead atoms. The Balaban J connectivity index is 2.06. The Labute approximate surface area is 104 Å². The first-order chi connectivity index (χ1) is 8.33. The summed E-state index contributed by atoms with van der Waals surface area (Å²) in [5.74, 6) is 0. The van der Waals surface area contributed by atoms with Crippen LogP contribution in [-0.4, -0.2) is 25.1 Å². The lowest BCUT2D eigenvalue weighted by atomic mass is 10.3. The van der Waals surface area contributed by atoms with Gasteiger partial charge in [0.15, 0.2) is 5.01 Å². The van der Waals surface area contributed by atoms with E-state index in [-0.39, 0.29) is 0 Å². The van der Waals surface area contributed by atoms with Crippen molar-refractivity contribution in [1.29, 1.82) is 5.26 Å². The monoisotopic (exact) mass is 246 g/mol. The van der Waals surface area contributed by atoms with Gasteiger partial charge in [0.25, 0.3) is 0 Å². The van der Waals surface area contributed by atoms with E-state index < -0.39 is 0 Å². The van der Waals surface area contributed by atoms with Crippen LogP contribution in [-0.2, 0) is 0 Å². The number of nitrogens with zero attached hydrogens (tertiary/aromatic N) is 2. The van der Waals surface area contributed by atoms with Crippen molar-refractivity contribution < 1.29 is 0 Å². The summed E-state index contributed by atoms with van der Waals surface area (Å²) in [6.07, 6.45) is 1.08. The fraction of sp³-hybridized carbons (Fsp3) is 0.333. The van der Waals surface area contributed by atoms with Crippen molar-refractivity contribution in [2.75, 3.05) is 25.5 Å². The highest BCUT2D eigenvalue weighted by atomic mass is 32.1. The summed E-state index contributed by atoms with van der Waals surface area (Å²) in [5.41, 5.74) is 1.98. The Kier molecular flexibility index (Phi) is 3.91. The molecular weight excluding hydrogens is 232 g/mol. The van der Waals surface area contributed by atoms with Gasteiger partial charge in [0.2, 0.25) is 0 Å². The number of rotatable bonds is 5. The van der Waals surface area contributed by atoms with Gasteiger partial charge in [-0.2, -0.15) is 5.26 Å². The van der Waals surface area contributed by atoms with Gasteiger partial charge in [-0.25, -0.2) is 4.98 Å². The molecule has 2 rings (SSSR count). The summed E-state index contributed by atoms with van der Waals surface area (Å²) >= 11 is 1.43. The van der Waals surface area contributed by atoms with Crippen molar-refractivity contribution in [3.8, 4) is 6.07 Å². The summed E-state index contributed by atoms with van der Waals surface area (Å²) in [5, 5.41) is 15.8. The zero-order valence-electron chi connectivity index (χ0n) is 9.66. The van der Waals surface area contributed by atoms with Gasteiger partial charge in [0, 0.05) is 12.2 Å². The summed E-state index contributed by atoms with van der Waals surface area (Å²) in [7, 11) is 1.95. The largest absolute Gasteiger partial charge is 0.385 e. The summed E-state index contributed by atoms with van der Waals surface area (Å²) in [6.45, 7) is 1.95. The number of anilines is 1. The molecule has 1 heterocycles. The van der Waals surface area contributed by atoms with E-state index >= 15 is 0 Å². The molecule has 1 aromatic heterocycles. The van der Waals surface area contributed by atoms with Gasteiger partial charge in [-0.15, -0.1) is 11.3 Å². The highest BCUT2D eigenvalue weighted by Gasteiger charge is 2.03. The zero-order chi connectivity index (χ0) is 12.1. The Morgan fingerprint density at radius 2 is 2.29 bits per heavy atom. The molecule has 88 valence electrons. The number of aromatic nitrogens is 1. The van der Waals surface area contributed by atoms with Crippen LogP contribution in [0, 0.1) is 11.3 Å². The van der Waals surface area contributed by atoms with Crippen molar-refractivity contribution in [3.05, 3.63) is 23.2 Å². The van der Waals surface area contributed by atoms with Crippen LogP contribution in [0.2, 0.25) is 0 Å². The maximum absolute atomic E-state index is 8.78. The molecule has 0 fully saturated rings. The molecule has 17 heavy (non-hydrogen) atoms. The van der Waals surface area contributed by atoms with Crippen LogP contribution < -0.4 is 10.6 Å². The summed E-state index contributed by atoms with van der Waals surface area (Å²) < 4.78 is 1.06. The summed E-state index contributed by atoms with van der Waals surface area (Å²) in [6, 6.07) is 8.08. The maximum Gasteiger partial charge on any atom is 0.195 e. The van der Waals surface area contributed by atoms with Gasteiger partial charge in [-0.1, -0.05) is 0 Å². The number of nitrogens with one attached hydrogen (secondary N) is 2. The molecule has 1 aromatic carbocycles. The molecule has 0 amide bonds. The van der Waals surface area contributed by atoms with Gasteiger partial charge in [0.1, 0.15) is 6.07 Å². The summed E-state index contributed by atoms with van der Waals surface area (Å²) in [4.78, 5) is 4.20. The lowest BCUT2D eigenvalue weighted by Gasteiger charge is -2.05. The highest BCUT2D eigenvalue weighted by Crippen LogP contribution is 2.24. The predicted molar refractivity (Wildman–Crippen MR) is 71.4 cm³/mol. The first-order valence-corrected chi connectivity index (χ1v) is 6.34. The average Bonchev–Trinajstić information content (AvgIpc) is 2.77. The molecule has 2 aromatic rings. The van der Waals surface area contributed by atoms with Crippen molar-refractivity contribution in [2.45, 2.75) is 6.42 Å². The van der Waals surface area contributed by atoms with Crippen molar-refractivity contribution in [3.63, 3.8) is 0 Å². The number of benzene rings is 1. The van der Waals surface area contributed by atoms with E-state index in [2.05, 4.69) is 21.7 Å². The van der Waals surface area contributed by atoms with Crippen LogP contribution in [0.1, 0.15) is 11.4 Å². The van der Waals surface area contributed by atoms with E-state index in [4.69, 9.17) is 5.26 Å². The van der Waals surface area contributed by atoms with E-state index in [1.54, 1.807) is 0 Å². The lowest BCUT2D eigenvalue weighted by molar-refractivity contribution is 0.748. The van der Waals surface area contributed by atoms with E-state index in [1.165, 1.54) is 11.3 Å². The SMILES string of the molecule is CNCCCNc1ccc2nc(C#N)sc2c1. The molecule has 0 saturated carbocycles. The minimum atomic E-state index is 0.521. The van der Waals surface area contributed by atoms with Gasteiger partial charge in [-0.3, -0.25) is 0 Å². The number of fused-ring (bicyclic) bond motifs is 1. The second-order valence-corrected chi connectivity index (χ2v) is 4.73. The third-order valence-corrected chi connectivity index (χ3v) is 3.34. The molecule has 4 nitrogen and oxygen atoms in total. The number of hydrogen-bond acceptors (Lipinski definition) is 5. The second-order valence-electron chi connectivity index (χ2n) is 3.70. The lowest BCUT2D eigenvalue weighted by Crippen LogP contribution is -2.12. The molecule has 5 heteroatoms. The molecule has 0 aliphatic carbocycles. The first-order valence-electron chi connectivity index (χ1n) is 5.52. The van der Waals surface area contributed by atoms with Gasteiger partial charge >= 0.3 is 0 Å². The average molecular weight is 246 g/mol. The molecule has 0 unspecified atom stereocenters. The third-order valence-electron chi connectivity index (χ3n) is 2.42. The van der Waals surface area contributed by atoms with Crippen molar-refractivity contribution in [2.24, 2.45) is 0 Å². The molecule has 0 atom stereocenters. The van der Waals surface area contributed by atoms with Crippen LogP contribution in [0.15, 0.2) is 18.2 Å². The smallest absolute Gasteiger partial charge is 0.195 e. The van der Waals surface area contributed by atoms with Crippen LogP contribution in [0.5, 0.6) is 0 Å². The zero-order valence-corrected chi connectivity index (χ0v) is 10.5. The van der Waals surface area contributed by atoms with E-state index in [1.807, 2.05) is 25.2 Å². The Morgan fingerprint density at radius 3 is 3.06 bits per heavy atom. The molecule has 0 spiro atoms. The predicted octanol–water partition coefficient (Wildman–Crippen LogP) is 2.19. The topological polar surface area (TPSA) is 60.7 Å². The quantitative estimate of drug-likeness (QED) is 0.794. The van der Waals surface area contributed by atoms with Crippen molar-refractivity contribution >= 4 is 27.2 Å². The minimum absolute atomic E-state index is 0.521. The van der Waals surface area contributed by atoms with Crippen LogP contribution in [0.4, 0.5) is 5.69 Å². The normalized spacial score (nSPS) is 10.4. The van der Waals surface area contributed by atoms with Gasteiger partial charge in [-0.05, 0) is 38.2 Å². The van der Waals surface area contributed by atoms with Crippen LogP contribution in [0.25, 0.3) is 10.2 Å². The minimum Gasteiger partial charge on any atom is -0.385 e. The molecule has 2 N–H and O–H groups in total. The Bertz CT molecular complexity index is 541. The van der Waals surface area contributed by atoms with E-state index in [0.29, 0.717) is 5.01 Å². The maximum atomic E-state index is 8.78. The second kappa shape index (κ2) is 5.62. The van der Waals surface area contributed by atoms with Gasteiger partial charge < -0.3 is 10.6 Å². The fourth-order valence-corrected chi connectivity index (χ4v) is 2.38. The number of thiazole rings is 1. The molecule has 0 aliphatic rings. The van der Waals surface area contributed by atoms with Crippen LogP contribution >= 0.6 is 11.3 Å². The molecular formula is C12H14N4S. The van der Waals surface area contributed by atoms with E-state index in [0.717, 1.165) is 35.4 Å². The Morgan fingerprint density at radius 1 is 1.41 bits per heavy atom. The molecule has 0 saturated heterocycles. The van der Waals surface area contributed by atoms with E-state index in [9.17, 15) is 0 Å². The fourth-order valence-electron chi connectivity index (χ4n) is 1.58. The number of nitriles is 1. The Hall–Kier alpha value is -1.64. The standard InChI is InChI=1S/C12H14N4S/c1-14-5-2-6-15-9-3-4-10-11(7-9)17-12(8-13)16-10/h3-4,7,14-15H,2,5-6H2,1H3. The van der Waals surface area contributed by atoms with Gasteiger partial charge in [0.05, 0.1) is 10.2 Å². The third kappa shape index (κ3) is 2.93. The first kappa shape index (κ1) is 11.8. The van der Waals surface area contributed by atoms with Crippen LogP contribution in [0.3, 0.4) is 0 Å². The number of hydrogen-bond donors (Lipinski definition) is 2. The molecule has 0 radical (unpaired) electrons. The highest BCUT2D eigenvalue weighted by molar-refractivity contribution is 7.19.